The molecule has 150 valence electrons. The fourth-order valence-corrected chi connectivity index (χ4v) is 1.41. The zero-order valence-corrected chi connectivity index (χ0v) is 16.8. The van der Waals surface area contributed by atoms with Gasteiger partial charge in [0.2, 0.25) is 0 Å². The number of unbranched alkanes of at least 4 members (excludes halogenated alkanes) is 1. The summed E-state index contributed by atoms with van der Waals surface area (Å²) in [5.74, 6) is -0.534. The van der Waals surface area contributed by atoms with E-state index in [2.05, 4.69) is 43.1 Å². The first-order chi connectivity index (χ1) is 12.2. The first-order valence-electron chi connectivity index (χ1n) is 8.47. The van der Waals surface area contributed by atoms with Gasteiger partial charge in [-0.25, -0.2) is 14.4 Å². The third-order valence-electron chi connectivity index (χ3n) is 3.07. The van der Waals surface area contributed by atoms with Crippen LogP contribution in [0.25, 0.3) is 0 Å². The summed E-state index contributed by atoms with van der Waals surface area (Å²) in [6, 6.07) is 0. The van der Waals surface area contributed by atoms with Crippen LogP contribution in [0.15, 0.2) is 37.5 Å². The van der Waals surface area contributed by atoms with Crippen molar-refractivity contribution in [1.82, 2.24) is 0 Å². The Kier molecular flexibility index (Phi) is 22.6. The summed E-state index contributed by atoms with van der Waals surface area (Å²) in [5.41, 5.74) is 0.433. The van der Waals surface area contributed by atoms with Crippen molar-refractivity contribution in [3.05, 3.63) is 37.5 Å². The number of carbonyl (C=O) groups is 3. The Morgan fingerprint density at radius 3 is 1.77 bits per heavy atom. The summed E-state index contributed by atoms with van der Waals surface area (Å²) in [5, 5.41) is 0. The fraction of sp³-hybridized carbons (Fsp3) is 0.550. The van der Waals surface area contributed by atoms with Crippen molar-refractivity contribution < 1.29 is 28.6 Å². The van der Waals surface area contributed by atoms with Crippen LogP contribution in [0.4, 0.5) is 0 Å². The van der Waals surface area contributed by atoms with Gasteiger partial charge in [-0.15, -0.1) is 0 Å². The molecule has 0 aliphatic rings. The van der Waals surface area contributed by atoms with Gasteiger partial charge in [-0.3, -0.25) is 0 Å². The minimum Gasteiger partial charge on any atom is -0.466 e. The molecule has 0 rings (SSSR count). The van der Waals surface area contributed by atoms with Gasteiger partial charge < -0.3 is 14.2 Å². The van der Waals surface area contributed by atoms with Crippen LogP contribution < -0.4 is 0 Å². The highest BCUT2D eigenvalue weighted by Gasteiger charge is 2.07. The van der Waals surface area contributed by atoms with Crippen molar-refractivity contribution in [1.29, 1.82) is 0 Å². The number of carbonyl (C=O) groups excluding carboxylic acids is 3. The van der Waals surface area contributed by atoms with E-state index in [1.165, 1.54) is 33.1 Å². The van der Waals surface area contributed by atoms with Crippen LogP contribution in [0.1, 0.15) is 46.5 Å². The molecule has 1 atom stereocenters. The highest BCUT2D eigenvalue weighted by atomic mass is 16.5. The van der Waals surface area contributed by atoms with Crippen molar-refractivity contribution in [2.24, 2.45) is 5.92 Å². The van der Waals surface area contributed by atoms with E-state index in [4.69, 9.17) is 4.74 Å². The normalized spacial score (nSPS) is 9.73. The summed E-state index contributed by atoms with van der Waals surface area (Å²) >= 11 is 0. The molecular formula is C20H34O6. The van der Waals surface area contributed by atoms with Gasteiger partial charge in [-0.1, -0.05) is 52.8 Å². The molecule has 6 nitrogen and oxygen atoms in total. The van der Waals surface area contributed by atoms with Gasteiger partial charge >= 0.3 is 17.9 Å². The molecule has 0 bridgehead atoms. The Balaban J connectivity index is -0.000000342. The van der Waals surface area contributed by atoms with E-state index in [0.717, 1.165) is 18.9 Å². The fourth-order valence-electron chi connectivity index (χ4n) is 1.41. The third-order valence-corrected chi connectivity index (χ3v) is 3.07. The van der Waals surface area contributed by atoms with Gasteiger partial charge in [0.1, 0.15) is 0 Å². The maximum atomic E-state index is 10.8. The number of rotatable bonds is 9. The summed E-state index contributed by atoms with van der Waals surface area (Å²) in [7, 11) is 2.64. The lowest BCUT2D eigenvalue weighted by Crippen LogP contribution is -2.12. The van der Waals surface area contributed by atoms with Crippen molar-refractivity contribution in [2.45, 2.75) is 46.5 Å². The van der Waals surface area contributed by atoms with Crippen LogP contribution in [-0.4, -0.2) is 38.7 Å². The average Bonchev–Trinajstić information content (AvgIpc) is 2.67. The van der Waals surface area contributed by atoms with Crippen molar-refractivity contribution in [3.63, 3.8) is 0 Å². The molecule has 0 aliphatic heterocycles. The maximum Gasteiger partial charge on any atom is 0.332 e. The highest BCUT2D eigenvalue weighted by molar-refractivity contribution is 5.86. The van der Waals surface area contributed by atoms with Crippen LogP contribution in [0.5, 0.6) is 0 Å². The molecule has 0 aromatic rings. The average molecular weight is 370 g/mol. The summed E-state index contributed by atoms with van der Waals surface area (Å²) in [6.07, 6.45) is 6.96. The minimum absolute atomic E-state index is 0.310. The Labute approximate surface area is 157 Å². The molecule has 0 aromatic heterocycles. The summed E-state index contributed by atoms with van der Waals surface area (Å²) in [4.78, 5) is 30.8. The molecule has 0 radical (unpaired) electrons. The first kappa shape index (κ1) is 28.4. The second kappa shape index (κ2) is 20.7. The molecule has 26 heavy (non-hydrogen) atoms. The van der Waals surface area contributed by atoms with Crippen LogP contribution >= 0.6 is 0 Å². The first-order valence-corrected chi connectivity index (χ1v) is 8.47. The van der Waals surface area contributed by atoms with Gasteiger partial charge in [-0.05, 0) is 19.3 Å². The van der Waals surface area contributed by atoms with E-state index in [1.54, 1.807) is 6.92 Å². The zero-order chi connectivity index (χ0) is 21.0. The van der Waals surface area contributed by atoms with E-state index >= 15 is 0 Å². The lowest BCUT2D eigenvalue weighted by molar-refractivity contribution is -0.139. The molecule has 0 saturated carbocycles. The zero-order valence-electron chi connectivity index (χ0n) is 16.8. The number of methoxy groups -OCH3 is 2. The molecule has 0 saturated heterocycles. The van der Waals surface area contributed by atoms with E-state index < -0.39 is 5.97 Å². The van der Waals surface area contributed by atoms with Gasteiger partial charge in [0.05, 0.1) is 20.8 Å². The van der Waals surface area contributed by atoms with Crippen molar-refractivity contribution in [2.75, 3.05) is 20.8 Å². The monoisotopic (exact) mass is 370 g/mol. The predicted molar refractivity (Wildman–Crippen MR) is 104 cm³/mol. The molecular weight excluding hydrogens is 336 g/mol. The quantitative estimate of drug-likeness (QED) is 0.347. The SMILES string of the molecule is C=C(C)C(=O)OC.C=CC(=O)OC.C=CC(=O)OCC(CC)CCCC. The smallest absolute Gasteiger partial charge is 0.332 e. The van der Waals surface area contributed by atoms with E-state index in [1.807, 2.05) is 0 Å². The largest absolute Gasteiger partial charge is 0.466 e. The van der Waals surface area contributed by atoms with Crippen LogP contribution in [0.3, 0.4) is 0 Å². The number of hydrogen-bond donors (Lipinski definition) is 0. The highest BCUT2D eigenvalue weighted by Crippen LogP contribution is 2.12. The molecule has 6 heteroatoms. The minimum atomic E-state index is -0.394. The third kappa shape index (κ3) is 21.6. The van der Waals surface area contributed by atoms with Crippen LogP contribution in [-0.2, 0) is 28.6 Å². The summed E-state index contributed by atoms with van der Waals surface area (Å²) in [6.45, 7) is 16.3. The molecule has 0 fully saturated rings. The Bertz CT molecular complexity index is 440. The summed E-state index contributed by atoms with van der Waals surface area (Å²) < 4.78 is 13.4. The number of hydrogen-bond acceptors (Lipinski definition) is 6. The topological polar surface area (TPSA) is 78.9 Å². The molecule has 0 N–H and O–H groups in total. The van der Waals surface area contributed by atoms with E-state index in [0.29, 0.717) is 18.1 Å². The molecule has 1 unspecified atom stereocenters. The van der Waals surface area contributed by atoms with Gasteiger partial charge in [0.15, 0.2) is 0 Å². The molecule has 0 aromatic carbocycles. The standard InChI is InChI=1S/C11H20O2.C5H8O2.C4H6O2/c1-4-7-8-10(5-2)9-13-11(12)6-3;1-4(2)5(6)7-3;1-3-4(5)6-2/h6,10H,3-5,7-9H2,1-2H3;1H2,2-3H3;3H,1H2,2H3. The number of ether oxygens (including phenoxy) is 3. The van der Waals surface area contributed by atoms with Crippen LogP contribution in [0.2, 0.25) is 0 Å². The van der Waals surface area contributed by atoms with E-state index in [-0.39, 0.29) is 11.9 Å². The predicted octanol–water partition coefficient (Wildman–Crippen LogP) is 4.01. The van der Waals surface area contributed by atoms with Gasteiger partial charge in [-0.2, -0.15) is 0 Å². The van der Waals surface area contributed by atoms with Crippen molar-refractivity contribution in [3.8, 4) is 0 Å². The van der Waals surface area contributed by atoms with E-state index in [9.17, 15) is 14.4 Å². The molecule has 0 heterocycles. The van der Waals surface area contributed by atoms with Crippen LogP contribution in [0, 0.1) is 5.92 Å². The Morgan fingerprint density at radius 2 is 1.54 bits per heavy atom. The Hall–Kier alpha value is -2.37. The molecule has 0 amide bonds. The lowest BCUT2D eigenvalue weighted by Gasteiger charge is -2.13. The second-order valence-electron chi connectivity index (χ2n) is 5.25. The molecule has 0 spiro atoms. The second-order valence-corrected chi connectivity index (χ2v) is 5.25. The lowest BCUT2D eigenvalue weighted by atomic mass is 10.0. The Morgan fingerprint density at radius 1 is 1.00 bits per heavy atom. The van der Waals surface area contributed by atoms with Crippen molar-refractivity contribution >= 4 is 17.9 Å². The number of esters is 3. The molecule has 0 aliphatic carbocycles. The van der Waals surface area contributed by atoms with Gasteiger partial charge in [0.25, 0.3) is 0 Å². The van der Waals surface area contributed by atoms with Gasteiger partial charge in [0, 0.05) is 17.7 Å². The maximum absolute atomic E-state index is 10.8.